The second-order valence-electron chi connectivity index (χ2n) is 3.09. The van der Waals surface area contributed by atoms with Crippen LogP contribution in [-0.4, -0.2) is 27.5 Å². The van der Waals surface area contributed by atoms with E-state index in [0.717, 1.165) is 0 Å². The lowest BCUT2D eigenvalue weighted by molar-refractivity contribution is -0.385. The number of aromatic nitrogens is 2. The minimum atomic E-state index is -0.601. The van der Waals surface area contributed by atoms with Gasteiger partial charge in [-0.1, -0.05) is 5.92 Å². The van der Waals surface area contributed by atoms with Gasteiger partial charge in [0.15, 0.2) is 6.10 Å². The molecule has 0 amide bonds. The van der Waals surface area contributed by atoms with Crippen LogP contribution in [0, 0.1) is 22.5 Å². The van der Waals surface area contributed by atoms with E-state index in [2.05, 4.69) is 21.2 Å². The van der Waals surface area contributed by atoms with Gasteiger partial charge in [-0.2, -0.15) is 4.98 Å². The Hall–Kier alpha value is -2.36. The quantitative estimate of drug-likeness (QED) is 0.469. The maximum atomic E-state index is 10.9. The van der Waals surface area contributed by atoms with Crippen LogP contribution in [0.2, 0.25) is 0 Å². The van der Waals surface area contributed by atoms with Gasteiger partial charge in [-0.3, -0.25) is 10.1 Å². The fourth-order valence-electron chi connectivity index (χ4n) is 1.11. The molecule has 7 nitrogen and oxygen atoms in total. The summed E-state index contributed by atoms with van der Waals surface area (Å²) in [5.74, 6) is 2.29. The molecule has 1 aromatic rings. The minimum Gasteiger partial charge on any atom is -0.456 e. The summed E-state index contributed by atoms with van der Waals surface area (Å²) in [7, 11) is 0. The van der Waals surface area contributed by atoms with Crippen molar-refractivity contribution in [2.45, 2.75) is 20.0 Å². The highest BCUT2D eigenvalue weighted by Crippen LogP contribution is 2.31. The smallest absolute Gasteiger partial charge is 0.372 e. The van der Waals surface area contributed by atoms with Gasteiger partial charge in [-0.15, -0.1) is 6.42 Å². The maximum Gasteiger partial charge on any atom is 0.372 e. The lowest BCUT2D eigenvalue weighted by atomic mass is 10.4. The number of nitrogens with one attached hydrogen (secondary N) is 1. The molecule has 0 bridgehead atoms. The highest BCUT2D eigenvalue weighted by atomic mass is 16.6. The standard InChI is InChI=1S/C10H12N4O3/c1-4-7(3)17-10-8(14(15)16)9(11-5-2)12-6-13-10/h1,6-7H,5H2,2-3H3,(H,11,12,13). The van der Waals surface area contributed by atoms with Crippen LogP contribution in [0.15, 0.2) is 6.33 Å². The Balaban J connectivity index is 3.16. The van der Waals surface area contributed by atoms with Crippen molar-refractivity contribution in [3.05, 3.63) is 16.4 Å². The van der Waals surface area contributed by atoms with Crippen molar-refractivity contribution in [3.63, 3.8) is 0 Å². The molecule has 0 spiro atoms. The first-order valence-electron chi connectivity index (χ1n) is 4.96. The Morgan fingerprint density at radius 2 is 2.41 bits per heavy atom. The zero-order valence-electron chi connectivity index (χ0n) is 9.51. The van der Waals surface area contributed by atoms with E-state index in [9.17, 15) is 10.1 Å². The molecule has 0 fully saturated rings. The fraction of sp³-hybridized carbons (Fsp3) is 0.400. The van der Waals surface area contributed by atoms with Crippen molar-refractivity contribution in [1.29, 1.82) is 0 Å². The first-order valence-corrected chi connectivity index (χ1v) is 4.96. The number of hydrogen-bond donors (Lipinski definition) is 1. The topological polar surface area (TPSA) is 90.2 Å². The van der Waals surface area contributed by atoms with Gasteiger partial charge in [0.2, 0.25) is 5.82 Å². The van der Waals surface area contributed by atoms with Crippen molar-refractivity contribution < 1.29 is 9.66 Å². The number of terminal acetylenes is 1. The van der Waals surface area contributed by atoms with Gasteiger partial charge >= 0.3 is 11.6 Å². The molecule has 1 atom stereocenters. The van der Waals surface area contributed by atoms with Crippen LogP contribution in [0.4, 0.5) is 11.5 Å². The minimum absolute atomic E-state index is 0.117. The molecule has 17 heavy (non-hydrogen) atoms. The van der Waals surface area contributed by atoms with Gasteiger partial charge in [-0.25, -0.2) is 4.98 Å². The first-order chi connectivity index (χ1) is 8.10. The summed E-state index contributed by atoms with van der Waals surface area (Å²) in [6, 6.07) is 0. The third kappa shape index (κ3) is 3.04. The second-order valence-corrected chi connectivity index (χ2v) is 3.09. The van der Waals surface area contributed by atoms with Crippen LogP contribution in [0.1, 0.15) is 13.8 Å². The highest BCUT2D eigenvalue weighted by molar-refractivity contribution is 5.61. The lowest BCUT2D eigenvalue weighted by Gasteiger charge is -2.09. The highest BCUT2D eigenvalue weighted by Gasteiger charge is 2.24. The van der Waals surface area contributed by atoms with Gasteiger partial charge in [0.1, 0.15) is 6.33 Å². The summed E-state index contributed by atoms with van der Waals surface area (Å²) >= 11 is 0. The van der Waals surface area contributed by atoms with Crippen molar-refractivity contribution in [2.24, 2.45) is 0 Å². The molecule has 90 valence electrons. The number of nitro groups is 1. The molecule has 0 saturated carbocycles. The van der Waals surface area contributed by atoms with E-state index in [4.69, 9.17) is 11.2 Å². The zero-order chi connectivity index (χ0) is 12.8. The summed E-state index contributed by atoms with van der Waals surface area (Å²) < 4.78 is 5.17. The van der Waals surface area contributed by atoms with E-state index in [0.29, 0.717) is 6.54 Å². The Morgan fingerprint density at radius 3 is 2.94 bits per heavy atom. The van der Waals surface area contributed by atoms with Gasteiger partial charge in [0.25, 0.3) is 0 Å². The molecule has 0 aliphatic heterocycles. The Morgan fingerprint density at radius 1 is 1.71 bits per heavy atom. The number of ether oxygens (including phenoxy) is 1. The molecule has 1 aromatic heterocycles. The molecule has 0 aliphatic carbocycles. The summed E-state index contributed by atoms with van der Waals surface area (Å²) in [4.78, 5) is 17.8. The molecule has 1 heterocycles. The maximum absolute atomic E-state index is 10.9. The van der Waals surface area contributed by atoms with Crippen LogP contribution >= 0.6 is 0 Å². The molecular weight excluding hydrogens is 224 g/mol. The van der Waals surface area contributed by atoms with Crippen LogP contribution < -0.4 is 10.1 Å². The third-order valence-corrected chi connectivity index (χ3v) is 1.84. The summed E-state index contributed by atoms with van der Waals surface area (Å²) in [6.07, 6.45) is 5.72. The Labute approximate surface area is 98.4 Å². The molecular formula is C10H12N4O3. The van der Waals surface area contributed by atoms with Crippen LogP contribution in [0.25, 0.3) is 0 Å². The molecule has 0 aliphatic rings. The average molecular weight is 236 g/mol. The van der Waals surface area contributed by atoms with Gasteiger partial charge in [-0.05, 0) is 13.8 Å². The van der Waals surface area contributed by atoms with E-state index in [1.54, 1.807) is 13.8 Å². The van der Waals surface area contributed by atoms with Gasteiger partial charge < -0.3 is 10.1 Å². The molecule has 0 radical (unpaired) electrons. The van der Waals surface area contributed by atoms with Crippen molar-refractivity contribution in [1.82, 2.24) is 9.97 Å². The van der Waals surface area contributed by atoms with E-state index >= 15 is 0 Å². The zero-order valence-corrected chi connectivity index (χ0v) is 9.51. The fourth-order valence-corrected chi connectivity index (χ4v) is 1.11. The predicted molar refractivity (Wildman–Crippen MR) is 61.8 cm³/mol. The normalized spacial score (nSPS) is 11.4. The summed E-state index contributed by atoms with van der Waals surface area (Å²) in [5, 5.41) is 13.7. The summed E-state index contributed by atoms with van der Waals surface area (Å²) in [5.41, 5.74) is -0.309. The van der Waals surface area contributed by atoms with Crippen LogP contribution in [0.5, 0.6) is 5.88 Å². The number of anilines is 1. The first kappa shape index (κ1) is 12.7. The largest absolute Gasteiger partial charge is 0.456 e. The Bertz CT molecular complexity index is 455. The van der Waals surface area contributed by atoms with Crippen LogP contribution in [0.3, 0.4) is 0 Å². The second kappa shape index (κ2) is 5.65. The van der Waals surface area contributed by atoms with E-state index in [-0.39, 0.29) is 17.4 Å². The Kier molecular flexibility index (Phi) is 4.22. The van der Waals surface area contributed by atoms with E-state index < -0.39 is 11.0 Å². The number of rotatable bonds is 5. The van der Waals surface area contributed by atoms with Gasteiger partial charge in [0.05, 0.1) is 4.92 Å². The molecule has 0 saturated heterocycles. The van der Waals surface area contributed by atoms with Crippen molar-refractivity contribution in [2.75, 3.05) is 11.9 Å². The molecule has 0 aromatic carbocycles. The molecule has 1 rings (SSSR count). The van der Waals surface area contributed by atoms with E-state index in [1.807, 2.05) is 0 Å². The number of hydrogen-bond acceptors (Lipinski definition) is 6. The predicted octanol–water partition coefficient (Wildman–Crippen LogP) is 1.22. The number of nitrogens with zero attached hydrogens (tertiary/aromatic N) is 3. The average Bonchev–Trinajstić information content (AvgIpc) is 2.29. The van der Waals surface area contributed by atoms with Crippen LogP contribution in [-0.2, 0) is 0 Å². The van der Waals surface area contributed by atoms with E-state index in [1.165, 1.54) is 6.33 Å². The van der Waals surface area contributed by atoms with Gasteiger partial charge in [0, 0.05) is 6.54 Å². The molecule has 7 heteroatoms. The lowest BCUT2D eigenvalue weighted by Crippen LogP contribution is -2.13. The van der Waals surface area contributed by atoms with Crippen molar-refractivity contribution in [3.8, 4) is 18.2 Å². The SMILES string of the molecule is C#CC(C)Oc1ncnc(NCC)c1[N+](=O)[O-]. The monoisotopic (exact) mass is 236 g/mol. The molecule has 1 unspecified atom stereocenters. The van der Waals surface area contributed by atoms with Crippen molar-refractivity contribution >= 4 is 11.5 Å². The molecule has 1 N–H and O–H groups in total. The third-order valence-electron chi connectivity index (χ3n) is 1.84. The summed E-state index contributed by atoms with van der Waals surface area (Å²) in [6.45, 7) is 3.90.